The first-order valence-electron chi connectivity index (χ1n) is 9.33. The van der Waals surface area contributed by atoms with Crippen molar-refractivity contribution in [3.63, 3.8) is 0 Å². The van der Waals surface area contributed by atoms with Crippen LogP contribution in [0.3, 0.4) is 0 Å². The van der Waals surface area contributed by atoms with E-state index >= 15 is 0 Å². The highest BCUT2D eigenvalue weighted by molar-refractivity contribution is 7.18. The number of carbonyl (C=O) groups excluding carboxylic acids is 1. The first-order chi connectivity index (χ1) is 14.1. The minimum atomic E-state index is -0.553. The molecule has 1 aromatic heterocycles. The summed E-state index contributed by atoms with van der Waals surface area (Å²) in [5.41, 5.74) is 0.784. The van der Waals surface area contributed by atoms with Crippen LogP contribution in [0.15, 0.2) is 36.4 Å². The highest BCUT2D eigenvalue weighted by Gasteiger charge is 2.32. The van der Waals surface area contributed by atoms with Crippen molar-refractivity contribution in [3.8, 4) is 11.5 Å². The summed E-state index contributed by atoms with van der Waals surface area (Å²) in [5.74, 6) is 0.604. The van der Waals surface area contributed by atoms with Gasteiger partial charge in [-0.15, -0.1) is 11.3 Å². The van der Waals surface area contributed by atoms with Crippen molar-refractivity contribution in [2.45, 2.75) is 18.8 Å². The van der Waals surface area contributed by atoms with Crippen molar-refractivity contribution in [2.75, 3.05) is 19.9 Å². The minimum absolute atomic E-state index is 0.00229. The lowest BCUT2D eigenvalue weighted by Gasteiger charge is -2.31. The molecule has 3 aromatic rings. The van der Waals surface area contributed by atoms with E-state index in [0.29, 0.717) is 30.5 Å². The SMILES string of the molecule is O=C(c1cc2c(cc1[N+](=O)[O-])OCO2)N1CCC(c2nc3ccccc3s2)CC1. The predicted molar refractivity (Wildman–Crippen MR) is 107 cm³/mol. The second-order valence-corrected chi connectivity index (χ2v) is 8.13. The predicted octanol–water partition coefficient (Wildman–Crippen LogP) is 3.95. The standard InChI is InChI=1S/C20H17N3O5S/c24-20(13-9-16-17(28-11-27-16)10-15(13)23(25)26)22-7-5-12(6-8-22)19-21-14-3-1-2-4-18(14)29-19/h1-4,9-10,12H,5-8,11H2. The lowest BCUT2D eigenvalue weighted by molar-refractivity contribution is -0.385. The number of nitro groups is 1. The molecule has 0 radical (unpaired) electrons. The zero-order valence-electron chi connectivity index (χ0n) is 15.4. The van der Waals surface area contributed by atoms with Gasteiger partial charge in [0, 0.05) is 25.1 Å². The van der Waals surface area contributed by atoms with Gasteiger partial charge in [0.1, 0.15) is 5.56 Å². The third-order valence-corrected chi connectivity index (χ3v) is 6.56. The quantitative estimate of drug-likeness (QED) is 0.478. The number of rotatable bonds is 3. The first kappa shape index (κ1) is 17.9. The molecule has 5 rings (SSSR count). The van der Waals surface area contributed by atoms with Gasteiger partial charge in [-0.25, -0.2) is 4.98 Å². The van der Waals surface area contributed by atoms with Gasteiger partial charge in [0.05, 0.1) is 26.2 Å². The molecule has 0 unspecified atom stereocenters. The number of fused-ring (bicyclic) bond motifs is 2. The fourth-order valence-corrected chi connectivity index (χ4v) is 4.95. The van der Waals surface area contributed by atoms with Gasteiger partial charge in [0.2, 0.25) is 6.79 Å². The third-order valence-electron chi connectivity index (χ3n) is 5.36. The van der Waals surface area contributed by atoms with Gasteiger partial charge in [-0.05, 0) is 25.0 Å². The second-order valence-electron chi connectivity index (χ2n) is 7.07. The molecule has 1 saturated heterocycles. The van der Waals surface area contributed by atoms with Gasteiger partial charge in [-0.2, -0.15) is 0 Å². The first-order valence-corrected chi connectivity index (χ1v) is 10.1. The maximum Gasteiger partial charge on any atom is 0.286 e. The number of hydrogen-bond acceptors (Lipinski definition) is 7. The van der Waals surface area contributed by atoms with Crippen molar-refractivity contribution in [2.24, 2.45) is 0 Å². The van der Waals surface area contributed by atoms with E-state index in [2.05, 4.69) is 6.07 Å². The normalized spacial score (nSPS) is 16.3. The summed E-state index contributed by atoms with van der Waals surface area (Å²) in [6.07, 6.45) is 1.56. The molecule has 0 spiro atoms. The average Bonchev–Trinajstić information content (AvgIpc) is 3.38. The van der Waals surface area contributed by atoms with Crippen molar-refractivity contribution in [1.82, 2.24) is 9.88 Å². The molecule has 29 heavy (non-hydrogen) atoms. The summed E-state index contributed by atoms with van der Waals surface area (Å²) < 4.78 is 11.7. The third kappa shape index (κ3) is 3.17. The molecule has 0 N–H and O–H groups in total. The summed E-state index contributed by atoms with van der Waals surface area (Å²) in [7, 11) is 0. The van der Waals surface area contributed by atoms with Crippen LogP contribution in [-0.4, -0.2) is 40.6 Å². The molecule has 2 aliphatic rings. The van der Waals surface area contributed by atoms with Crippen LogP contribution in [-0.2, 0) is 0 Å². The summed E-state index contributed by atoms with van der Waals surface area (Å²) in [6, 6.07) is 10.7. The summed E-state index contributed by atoms with van der Waals surface area (Å²) >= 11 is 1.70. The molecule has 0 atom stereocenters. The Balaban J connectivity index is 1.34. The number of carbonyl (C=O) groups is 1. The van der Waals surface area contributed by atoms with E-state index < -0.39 is 4.92 Å². The Morgan fingerprint density at radius 2 is 1.90 bits per heavy atom. The summed E-state index contributed by atoms with van der Waals surface area (Å²) in [5, 5.41) is 12.6. The molecule has 2 aromatic carbocycles. The number of nitro benzene ring substituents is 1. The van der Waals surface area contributed by atoms with Crippen molar-refractivity contribution in [3.05, 3.63) is 57.1 Å². The molecule has 1 amide bonds. The average molecular weight is 411 g/mol. The molecule has 0 aliphatic carbocycles. The Labute approximate surface area is 169 Å². The van der Waals surface area contributed by atoms with E-state index in [1.54, 1.807) is 16.2 Å². The van der Waals surface area contributed by atoms with Crippen molar-refractivity contribution >= 4 is 33.1 Å². The van der Waals surface area contributed by atoms with Gasteiger partial charge in [0.15, 0.2) is 11.5 Å². The molecule has 2 aliphatic heterocycles. The zero-order valence-corrected chi connectivity index (χ0v) is 16.2. The number of aromatic nitrogens is 1. The van der Waals surface area contributed by atoms with Crippen molar-refractivity contribution in [1.29, 1.82) is 0 Å². The molecule has 148 valence electrons. The number of amides is 1. The van der Waals surface area contributed by atoms with Crippen LogP contribution in [0.4, 0.5) is 5.69 Å². The fourth-order valence-electron chi connectivity index (χ4n) is 3.82. The zero-order chi connectivity index (χ0) is 20.0. The molecule has 0 bridgehead atoms. The summed E-state index contributed by atoms with van der Waals surface area (Å²) in [4.78, 5) is 30.3. The Kier molecular flexibility index (Phi) is 4.31. The van der Waals surface area contributed by atoms with Crippen LogP contribution >= 0.6 is 11.3 Å². The smallest absolute Gasteiger partial charge is 0.286 e. The summed E-state index contributed by atoms with van der Waals surface area (Å²) in [6.45, 7) is 1.06. The van der Waals surface area contributed by atoms with Crippen LogP contribution in [0.1, 0.15) is 34.1 Å². The Hall–Kier alpha value is -3.20. The number of thiazole rings is 1. The molecular weight excluding hydrogens is 394 g/mol. The maximum atomic E-state index is 13.0. The maximum absolute atomic E-state index is 13.0. The largest absolute Gasteiger partial charge is 0.454 e. The number of likely N-dealkylation sites (tertiary alicyclic amines) is 1. The Bertz CT molecular complexity index is 1090. The van der Waals surface area contributed by atoms with Crippen LogP contribution < -0.4 is 9.47 Å². The monoisotopic (exact) mass is 411 g/mol. The van der Waals surface area contributed by atoms with E-state index in [1.165, 1.54) is 12.1 Å². The Morgan fingerprint density at radius 1 is 1.17 bits per heavy atom. The van der Waals surface area contributed by atoms with Crippen LogP contribution in [0.2, 0.25) is 0 Å². The molecule has 8 nitrogen and oxygen atoms in total. The minimum Gasteiger partial charge on any atom is -0.454 e. The molecule has 9 heteroatoms. The number of nitrogens with zero attached hydrogens (tertiary/aromatic N) is 3. The lowest BCUT2D eigenvalue weighted by Crippen LogP contribution is -2.38. The lowest BCUT2D eigenvalue weighted by atomic mass is 9.96. The number of para-hydroxylation sites is 1. The number of ether oxygens (including phenoxy) is 2. The van der Waals surface area contributed by atoms with Gasteiger partial charge in [-0.1, -0.05) is 12.1 Å². The van der Waals surface area contributed by atoms with E-state index in [0.717, 1.165) is 28.1 Å². The van der Waals surface area contributed by atoms with Gasteiger partial charge in [-0.3, -0.25) is 14.9 Å². The van der Waals surface area contributed by atoms with Gasteiger partial charge < -0.3 is 14.4 Å². The van der Waals surface area contributed by atoms with E-state index in [1.807, 2.05) is 18.2 Å². The second kappa shape index (κ2) is 7.00. The molecular formula is C20H17N3O5S. The van der Waals surface area contributed by atoms with Crippen LogP contribution in [0.5, 0.6) is 11.5 Å². The van der Waals surface area contributed by atoms with Crippen LogP contribution in [0.25, 0.3) is 10.2 Å². The number of piperidine rings is 1. The highest BCUT2D eigenvalue weighted by Crippen LogP contribution is 2.39. The van der Waals surface area contributed by atoms with E-state index in [4.69, 9.17) is 14.5 Å². The van der Waals surface area contributed by atoms with Crippen molar-refractivity contribution < 1.29 is 19.2 Å². The molecule has 0 saturated carbocycles. The topological polar surface area (TPSA) is 94.8 Å². The fraction of sp³-hybridized carbons (Fsp3) is 0.300. The van der Waals surface area contributed by atoms with Gasteiger partial charge in [0.25, 0.3) is 11.6 Å². The number of hydrogen-bond donors (Lipinski definition) is 0. The molecule has 3 heterocycles. The molecule has 1 fully saturated rings. The van der Waals surface area contributed by atoms with Crippen LogP contribution in [0, 0.1) is 10.1 Å². The highest BCUT2D eigenvalue weighted by atomic mass is 32.1. The van der Waals surface area contributed by atoms with E-state index in [9.17, 15) is 14.9 Å². The van der Waals surface area contributed by atoms with E-state index in [-0.39, 0.29) is 24.0 Å². The Morgan fingerprint density at radius 3 is 2.62 bits per heavy atom. The van der Waals surface area contributed by atoms with Gasteiger partial charge >= 0.3 is 0 Å². The number of benzene rings is 2.